The monoisotopic (exact) mass is 293 g/mol. The Morgan fingerprint density at radius 1 is 1.42 bits per heavy atom. The van der Waals surface area contributed by atoms with Gasteiger partial charge < -0.3 is 10.0 Å². The van der Waals surface area contributed by atoms with Gasteiger partial charge in [-0.1, -0.05) is 6.92 Å². The number of piperidine rings is 1. The number of likely N-dealkylation sites (tertiary alicyclic amines) is 1. The molecule has 0 aromatic carbocycles. The molecule has 112 valence electrons. The van der Waals surface area contributed by atoms with Crippen LogP contribution >= 0.6 is 0 Å². The van der Waals surface area contributed by atoms with Crippen LogP contribution in [0, 0.1) is 0 Å². The third kappa shape index (κ3) is 5.43. The number of carbonyl (C=O) groups is 1. The van der Waals surface area contributed by atoms with Gasteiger partial charge in [0, 0.05) is 19.6 Å². The Balaban J connectivity index is 2.44. The first-order chi connectivity index (χ1) is 8.85. The van der Waals surface area contributed by atoms with Crippen molar-refractivity contribution in [2.75, 3.05) is 33.2 Å². The van der Waals surface area contributed by atoms with Gasteiger partial charge in [-0.25, -0.2) is 0 Å². The van der Waals surface area contributed by atoms with Gasteiger partial charge in [0.2, 0.25) is 0 Å². The van der Waals surface area contributed by atoms with Crippen molar-refractivity contribution < 1.29 is 18.3 Å². The van der Waals surface area contributed by atoms with Gasteiger partial charge in [0.05, 0.1) is 6.42 Å². The zero-order chi connectivity index (χ0) is 14.5. The summed E-state index contributed by atoms with van der Waals surface area (Å²) in [6.07, 6.45) is 1.39. The maximum absolute atomic E-state index is 12.0. The molecule has 19 heavy (non-hydrogen) atoms. The van der Waals surface area contributed by atoms with E-state index in [2.05, 4.69) is 16.5 Å². The minimum atomic E-state index is -3.58. The van der Waals surface area contributed by atoms with E-state index in [0.717, 1.165) is 36.8 Å². The van der Waals surface area contributed by atoms with Crippen molar-refractivity contribution in [3.8, 4) is 0 Å². The molecule has 0 unspecified atom stereocenters. The van der Waals surface area contributed by atoms with Crippen LogP contribution in [0.1, 0.15) is 26.2 Å². The third-order valence-electron chi connectivity index (χ3n) is 3.40. The normalized spacial score (nSPS) is 18.9. The number of carboxylic acids is 1. The van der Waals surface area contributed by atoms with Gasteiger partial charge in [-0.05, 0) is 32.5 Å². The van der Waals surface area contributed by atoms with Crippen LogP contribution in [-0.2, 0) is 15.0 Å². The predicted octanol–water partition coefficient (Wildman–Crippen LogP) is -0.288. The van der Waals surface area contributed by atoms with Crippen molar-refractivity contribution in [3.63, 3.8) is 0 Å². The number of aliphatic carboxylic acids is 1. The molecule has 0 saturated carbocycles. The zero-order valence-corrected chi connectivity index (χ0v) is 12.3. The van der Waals surface area contributed by atoms with Crippen molar-refractivity contribution >= 4 is 16.2 Å². The van der Waals surface area contributed by atoms with Crippen molar-refractivity contribution in [1.29, 1.82) is 0 Å². The lowest BCUT2D eigenvalue weighted by Crippen LogP contribution is -2.48. The Morgan fingerprint density at radius 3 is 2.47 bits per heavy atom. The SMILES string of the molecule is CCN1CCC(NS(=O)(=O)N(C)CCC(=O)O)CC1. The minimum Gasteiger partial charge on any atom is -0.481 e. The first-order valence-electron chi connectivity index (χ1n) is 6.53. The molecule has 0 atom stereocenters. The summed E-state index contributed by atoms with van der Waals surface area (Å²) in [5.41, 5.74) is 0. The molecule has 1 aliphatic rings. The van der Waals surface area contributed by atoms with Crippen LogP contribution in [0.4, 0.5) is 0 Å². The lowest BCUT2D eigenvalue weighted by Gasteiger charge is -2.32. The van der Waals surface area contributed by atoms with Gasteiger partial charge >= 0.3 is 5.97 Å². The molecule has 2 N–H and O–H groups in total. The maximum atomic E-state index is 12.0. The quantitative estimate of drug-likeness (QED) is 0.673. The van der Waals surface area contributed by atoms with Crippen molar-refractivity contribution in [3.05, 3.63) is 0 Å². The fourth-order valence-corrected chi connectivity index (χ4v) is 3.21. The highest BCUT2D eigenvalue weighted by Gasteiger charge is 2.25. The van der Waals surface area contributed by atoms with Crippen molar-refractivity contribution in [1.82, 2.24) is 13.9 Å². The molecular weight excluding hydrogens is 270 g/mol. The van der Waals surface area contributed by atoms with E-state index in [1.54, 1.807) is 0 Å². The molecule has 7 nitrogen and oxygen atoms in total. The van der Waals surface area contributed by atoms with Gasteiger partial charge in [0.25, 0.3) is 10.2 Å². The lowest BCUT2D eigenvalue weighted by atomic mass is 10.1. The molecule has 1 aliphatic heterocycles. The van der Waals surface area contributed by atoms with Gasteiger partial charge in [-0.2, -0.15) is 17.4 Å². The summed E-state index contributed by atoms with van der Waals surface area (Å²) in [7, 11) is -2.18. The Labute approximate surface area is 114 Å². The molecule has 0 spiro atoms. The molecule has 0 radical (unpaired) electrons. The first kappa shape index (κ1) is 16.4. The molecular formula is C11H23N3O4S. The number of rotatable bonds is 7. The van der Waals surface area contributed by atoms with E-state index in [9.17, 15) is 13.2 Å². The Hall–Kier alpha value is -0.700. The molecule has 0 amide bonds. The average molecular weight is 293 g/mol. The maximum Gasteiger partial charge on any atom is 0.304 e. The molecule has 0 aromatic heterocycles. The van der Waals surface area contributed by atoms with Gasteiger partial charge in [0.1, 0.15) is 0 Å². The second kappa shape index (κ2) is 7.18. The van der Waals surface area contributed by atoms with Gasteiger partial charge in [-0.15, -0.1) is 0 Å². The summed E-state index contributed by atoms with van der Waals surface area (Å²) < 4.78 is 27.6. The van der Waals surface area contributed by atoms with Crippen LogP contribution < -0.4 is 4.72 Å². The number of carboxylic acid groups (broad SMARTS) is 1. The van der Waals surface area contributed by atoms with E-state index in [1.165, 1.54) is 7.05 Å². The predicted molar refractivity (Wildman–Crippen MR) is 72.1 cm³/mol. The molecule has 1 heterocycles. The van der Waals surface area contributed by atoms with Crippen LogP contribution in [0.2, 0.25) is 0 Å². The van der Waals surface area contributed by atoms with Crippen LogP contribution in [0.3, 0.4) is 0 Å². The fraction of sp³-hybridized carbons (Fsp3) is 0.909. The van der Waals surface area contributed by atoms with Crippen LogP contribution in [0.5, 0.6) is 0 Å². The minimum absolute atomic E-state index is 0.0154. The molecule has 1 rings (SSSR count). The topological polar surface area (TPSA) is 90.0 Å². The molecule has 1 saturated heterocycles. The summed E-state index contributed by atoms with van der Waals surface area (Å²) in [6.45, 7) is 4.84. The second-order valence-corrected chi connectivity index (χ2v) is 6.61. The highest BCUT2D eigenvalue weighted by atomic mass is 32.2. The summed E-state index contributed by atoms with van der Waals surface area (Å²) >= 11 is 0. The second-order valence-electron chi connectivity index (χ2n) is 4.80. The highest BCUT2D eigenvalue weighted by molar-refractivity contribution is 7.87. The van der Waals surface area contributed by atoms with E-state index in [1.807, 2.05) is 0 Å². The summed E-state index contributed by atoms with van der Waals surface area (Å²) in [5, 5.41) is 8.56. The summed E-state index contributed by atoms with van der Waals surface area (Å²) in [5.74, 6) is -1.00. The summed E-state index contributed by atoms with van der Waals surface area (Å²) in [4.78, 5) is 12.7. The number of hydrogen-bond donors (Lipinski definition) is 2. The molecule has 0 aliphatic carbocycles. The lowest BCUT2D eigenvalue weighted by molar-refractivity contribution is -0.137. The van der Waals surface area contributed by atoms with Crippen LogP contribution in [0.25, 0.3) is 0 Å². The van der Waals surface area contributed by atoms with Crippen molar-refractivity contribution in [2.45, 2.75) is 32.2 Å². The zero-order valence-electron chi connectivity index (χ0n) is 11.5. The Kier molecular flexibility index (Phi) is 6.18. The summed E-state index contributed by atoms with van der Waals surface area (Å²) in [6, 6.07) is -0.0555. The molecule has 0 aromatic rings. The van der Waals surface area contributed by atoms with Gasteiger partial charge in [-0.3, -0.25) is 4.79 Å². The molecule has 1 fully saturated rings. The number of nitrogens with zero attached hydrogens (tertiary/aromatic N) is 2. The first-order valence-corrected chi connectivity index (χ1v) is 7.97. The number of hydrogen-bond acceptors (Lipinski definition) is 4. The van der Waals surface area contributed by atoms with E-state index < -0.39 is 16.2 Å². The van der Waals surface area contributed by atoms with Gasteiger partial charge in [0.15, 0.2) is 0 Å². The highest BCUT2D eigenvalue weighted by Crippen LogP contribution is 2.11. The van der Waals surface area contributed by atoms with E-state index in [4.69, 9.17) is 5.11 Å². The number of nitrogens with one attached hydrogen (secondary N) is 1. The molecule has 8 heteroatoms. The Morgan fingerprint density at radius 2 is 2.00 bits per heavy atom. The van der Waals surface area contributed by atoms with Crippen LogP contribution in [-0.4, -0.2) is 68.0 Å². The fourth-order valence-electron chi connectivity index (χ4n) is 2.04. The van der Waals surface area contributed by atoms with E-state index in [-0.39, 0.29) is 19.0 Å². The van der Waals surface area contributed by atoms with E-state index in [0.29, 0.717) is 0 Å². The Bertz CT molecular complexity index is 391. The van der Waals surface area contributed by atoms with Crippen LogP contribution in [0.15, 0.2) is 0 Å². The third-order valence-corrected chi connectivity index (χ3v) is 5.04. The standard InChI is InChI=1S/C11H23N3O4S/c1-3-14-8-4-10(5-9-14)12-19(17,18)13(2)7-6-11(15)16/h10,12H,3-9H2,1-2H3,(H,15,16). The van der Waals surface area contributed by atoms with Crippen molar-refractivity contribution in [2.24, 2.45) is 0 Å². The smallest absolute Gasteiger partial charge is 0.304 e. The largest absolute Gasteiger partial charge is 0.481 e. The molecule has 0 bridgehead atoms. The van der Waals surface area contributed by atoms with E-state index >= 15 is 0 Å². The average Bonchev–Trinajstić information content (AvgIpc) is 2.36.